The predicted octanol–water partition coefficient (Wildman–Crippen LogP) is 38.3. The molecule has 28 rings (SSSR count). The van der Waals surface area contributed by atoms with Crippen molar-refractivity contribution < 1.29 is 13.3 Å². The molecule has 0 bridgehead atoms. The van der Waals surface area contributed by atoms with Crippen LogP contribution in [0.5, 0.6) is 0 Å². The molecule has 3 nitrogen and oxygen atoms in total. The molecule has 3 heterocycles. The standard InChI is InChI=1S/C48H30O.C44H28O.C42H26O/c1-2-13-32(14-3-1)36-22-12-26-44-47(36)43-25-11-23-37(48(43)49-44)33-27-29-34(30-28-33)45-39-18-6-8-20-41(39)46(42-21-9-7-19-40(42)45)38-24-10-16-31-15-4-5-17-35(31)38;1-3-13-29(14-4-1)30-25-27-31(28-26-30)33-21-12-24-40-43(33)39-23-11-22-38(44(39)45-40)42-36-19-9-7-17-34(36)41(32-15-5-2-6-16-32)35-18-8-10-20-37(35)42;1-2-13-28(14-3-1)40-32-17-6-8-19-34(32)41(35-20-9-7-18-33(35)40)37-23-11-22-36-38-26-29(24-25-39(38)43-42(36)37)31-21-10-15-27-12-4-5-16-30(27)31/h1-30H;1-28H;1-26H. The van der Waals surface area contributed by atoms with Gasteiger partial charge in [-0.15, -0.1) is 0 Å². The van der Waals surface area contributed by atoms with Gasteiger partial charge in [-0.2, -0.15) is 0 Å². The first-order valence-electron chi connectivity index (χ1n) is 47.1. The molecule has 0 fully saturated rings. The topological polar surface area (TPSA) is 39.4 Å². The summed E-state index contributed by atoms with van der Waals surface area (Å²) >= 11 is 0. The van der Waals surface area contributed by atoms with Crippen molar-refractivity contribution in [3.63, 3.8) is 0 Å². The monoisotopic (exact) mass is 1740 g/mol. The summed E-state index contributed by atoms with van der Waals surface area (Å²) in [6.45, 7) is 0. The Morgan fingerprint density at radius 1 is 0.109 bits per heavy atom. The van der Waals surface area contributed by atoms with Crippen LogP contribution >= 0.6 is 0 Å². The summed E-state index contributed by atoms with van der Waals surface area (Å²) in [6.07, 6.45) is 0. The highest BCUT2D eigenvalue weighted by molar-refractivity contribution is 6.29. The van der Waals surface area contributed by atoms with E-state index >= 15 is 0 Å². The molecule has 638 valence electrons. The van der Waals surface area contributed by atoms with Crippen molar-refractivity contribution in [1.29, 1.82) is 0 Å². The van der Waals surface area contributed by atoms with Gasteiger partial charge in [-0.25, -0.2) is 0 Å². The van der Waals surface area contributed by atoms with Gasteiger partial charge < -0.3 is 13.3 Å². The van der Waals surface area contributed by atoms with Gasteiger partial charge in [0.25, 0.3) is 0 Å². The molecule has 0 saturated heterocycles. The summed E-state index contributed by atoms with van der Waals surface area (Å²) in [5.41, 5.74) is 32.0. The number of furan rings is 3. The third kappa shape index (κ3) is 13.6. The molecule has 0 unspecified atom stereocenters. The van der Waals surface area contributed by atoms with Crippen LogP contribution in [-0.2, 0) is 0 Å². The lowest BCUT2D eigenvalue weighted by atomic mass is 9.84. The summed E-state index contributed by atoms with van der Waals surface area (Å²) in [6, 6.07) is 183. The van der Waals surface area contributed by atoms with E-state index in [1.165, 1.54) is 186 Å². The quantitative estimate of drug-likeness (QED) is 0.121. The molecule has 0 radical (unpaired) electrons. The molecular formula is C134H84O3. The van der Waals surface area contributed by atoms with E-state index in [0.717, 1.165) is 88.1 Å². The van der Waals surface area contributed by atoms with Crippen LogP contribution in [0.1, 0.15) is 0 Å². The zero-order valence-corrected chi connectivity index (χ0v) is 74.7. The number of benzene rings is 25. The Labute approximate surface area is 791 Å². The summed E-state index contributed by atoms with van der Waals surface area (Å²) in [5.74, 6) is 0. The fraction of sp³-hybridized carbons (Fsp3) is 0. The second kappa shape index (κ2) is 33.7. The van der Waals surface area contributed by atoms with Crippen molar-refractivity contribution in [2.24, 2.45) is 0 Å². The van der Waals surface area contributed by atoms with E-state index < -0.39 is 0 Å². The van der Waals surface area contributed by atoms with Gasteiger partial charge >= 0.3 is 0 Å². The number of rotatable bonds is 11. The Morgan fingerprint density at radius 2 is 0.350 bits per heavy atom. The molecule has 25 aromatic carbocycles. The Balaban J connectivity index is 0.000000107. The molecule has 137 heavy (non-hydrogen) atoms. The second-order valence-electron chi connectivity index (χ2n) is 35.6. The third-order valence-electron chi connectivity index (χ3n) is 28.0. The van der Waals surface area contributed by atoms with Gasteiger partial charge in [-0.3, -0.25) is 0 Å². The number of para-hydroxylation sites is 3. The van der Waals surface area contributed by atoms with Crippen LogP contribution in [0.4, 0.5) is 0 Å². The number of hydrogen-bond acceptors (Lipinski definition) is 3. The van der Waals surface area contributed by atoms with Crippen molar-refractivity contribution in [2.45, 2.75) is 0 Å². The van der Waals surface area contributed by atoms with Crippen molar-refractivity contribution >= 4 is 152 Å². The molecule has 3 heteroatoms. The molecule has 0 N–H and O–H groups in total. The van der Waals surface area contributed by atoms with Gasteiger partial charge in [-0.1, -0.05) is 485 Å². The Kier molecular flexibility index (Phi) is 19.6. The van der Waals surface area contributed by atoms with E-state index in [1.54, 1.807) is 0 Å². The molecule has 0 aliphatic rings. The number of hydrogen-bond donors (Lipinski definition) is 0. The molecule has 0 aliphatic heterocycles. The van der Waals surface area contributed by atoms with Crippen LogP contribution in [0.2, 0.25) is 0 Å². The Morgan fingerprint density at radius 3 is 0.788 bits per heavy atom. The van der Waals surface area contributed by atoms with Gasteiger partial charge in [0.05, 0.1) is 0 Å². The summed E-state index contributed by atoms with van der Waals surface area (Å²) < 4.78 is 20.2. The summed E-state index contributed by atoms with van der Waals surface area (Å²) in [4.78, 5) is 0. The third-order valence-corrected chi connectivity index (χ3v) is 28.0. The smallest absolute Gasteiger partial charge is 0.143 e. The minimum Gasteiger partial charge on any atom is -0.455 e. The van der Waals surface area contributed by atoms with Gasteiger partial charge in [-0.05, 0) is 205 Å². The lowest BCUT2D eigenvalue weighted by Gasteiger charge is -2.19. The zero-order valence-electron chi connectivity index (χ0n) is 74.7. The fourth-order valence-corrected chi connectivity index (χ4v) is 22.0. The molecule has 0 saturated carbocycles. The minimum absolute atomic E-state index is 0.900. The maximum atomic E-state index is 6.81. The van der Waals surface area contributed by atoms with Gasteiger partial charge in [0.1, 0.15) is 33.5 Å². The van der Waals surface area contributed by atoms with Crippen LogP contribution in [0.25, 0.3) is 274 Å². The highest BCUT2D eigenvalue weighted by Crippen LogP contribution is 2.53. The normalized spacial score (nSPS) is 11.6. The summed E-state index contributed by atoms with van der Waals surface area (Å²) in [7, 11) is 0. The average molecular weight is 1740 g/mol. The summed E-state index contributed by atoms with van der Waals surface area (Å²) in [5, 5.41) is 26.8. The van der Waals surface area contributed by atoms with Crippen LogP contribution in [0.3, 0.4) is 0 Å². The molecule has 3 aromatic heterocycles. The van der Waals surface area contributed by atoms with E-state index in [1.807, 2.05) is 0 Å². The van der Waals surface area contributed by atoms with Crippen LogP contribution < -0.4 is 0 Å². The first-order chi connectivity index (χ1) is 68.0. The first-order valence-corrected chi connectivity index (χ1v) is 47.1. The maximum Gasteiger partial charge on any atom is 0.143 e. The molecule has 0 atom stereocenters. The first kappa shape index (κ1) is 79.9. The van der Waals surface area contributed by atoms with Crippen molar-refractivity contribution in [2.75, 3.05) is 0 Å². The van der Waals surface area contributed by atoms with Crippen molar-refractivity contribution in [3.05, 3.63) is 510 Å². The van der Waals surface area contributed by atoms with E-state index in [0.29, 0.717) is 0 Å². The fourth-order valence-electron chi connectivity index (χ4n) is 22.0. The van der Waals surface area contributed by atoms with E-state index in [-0.39, 0.29) is 0 Å². The molecule has 0 amide bonds. The van der Waals surface area contributed by atoms with Crippen molar-refractivity contribution in [1.82, 2.24) is 0 Å². The highest BCUT2D eigenvalue weighted by atomic mass is 16.3. The average Bonchev–Trinajstić information content (AvgIpc) is 1.73. The number of fused-ring (bicyclic) bond motifs is 17. The highest BCUT2D eigenvalue weighted by Gasteiger charge is 2.27. The SMILES string of the molecule is c1ccc(-c2c3ccccc3c(-c3cccc4c3oc3ccc(-c5cccc6ccccc56)cc34)c3ccccc23)cc1.c1ccc(-c2ccc(-c3cccc4oc5c(-c6c7ccccc7c(-c7ccccc7)c7ccccc67)cccc5c34)cc2)cc1.c1ccc(-c2cccc3oc4c(-c5ccc(-c6c7ccccc7c(-c7cccc8ccccc78)c7ccccc67)cc5)cccc4c23)cc1. The lowest BCUT2D eigenvalue weighted by Crippen LogP contribution is -1.91. The van der Waals surface area contributed by atoms with Crippen LogP contribution in [0, 0.1) is 0 Å². The van der Waals surface area contributed by atoms with Gasteiger partial charge in [0.2, 0.25) is 0 Å². The Hall–Kier alpha value is -18.0. The van der Waals surface area contributed by atoms with E-state index in [9.17, 15) is 0 Å². The molecule has 0 aliphatic carbocycles. The Bertz CT molecular complexity index is 9440. The van der Waals surface area contributed by atoms with Crippen molar-refractivity contribution in [3.8, 4) is 122 Å². The zero-order chi connectivity index (χ0) is 90.4. The van der Waals surface area contributed by atoms with Crippen LogP contribution in [0.15, 0.2) is 523 Å². The van der Waals surface area contributed by atoms with E-state index in [4.69, 9.17) is 13.3 Å². The van der Waals surface area contributed by atoms with Crippen LogP contribution in [-0.4, -0.2) is 0 Å². The predicted molar refractivity (Wildman–Crippen MR) is 581 cm³/mol. The largest absolute Gasteiger partial charge is 0.455 e. The van der Waals surface area contributed by atoms with E-state index in [2.05, 4.69) is 510 Å². The van der Waals surface area contributed by atoms with Gasteiger partial charge in [0, 0.05) is 60.1 Å². The van der Waals surface area contributed by atoms with Gasteiger partial charge in [0.15, 0.2) is 0 Å². The molecule has 28 aromatic rings. The lowest BCUT2D eigenvalue weighted by molar-refractivity contribution is 0.669. The molecule has 0 spiro atoms. The minimum atomic E-state index is 0.900. The second-order valence-corrected chi connectivity index (χ2v) is 35.6. The molecular weight excluding hydrogens is 1660 g/mol. The maximum absolute atomic E-state index is 6.81.